The van der Waals surface area contributed by atoms with Crippen LogP contribution >= 0.6 is 58.2 Å². The van der Waals surface area contributed by atoms with E-state index in [9.17, 15) is 9.59 Å². The van der Waals surface area contributed by atoms with Crippen LogP contribution in [0.25, 0.3) is 6.08 Å². The van der Waals surface area contributed by atoms with Gasteiger partial charge >= 0.3 is 0 Å². The van der Waals surface area contributed by atoms with Gasteiger partial charge in [-0.15, -0.1) is 0 Å². The monoisotopic (exact) mass is 528 g/mol. The first-order chi connectivity index (χ1) is 12.9. The molecule has 4 nitrogen and oxygen atoms in total. The van der Waals surface area contributed by atoms with Crippen LogP contribution in [0, 0.1) is 3.57 Å². The van der Waals surface area contributed by atoms with E-state index in [0.29, 0.717) is 14.2 Å². The molecule has 0 aromatic heterocycles. The van der Waals surface area contributed by atoms with Gasteiger partial charge in [-0.25, -0.2) is 0 Å². The summed E-state index contributed by atoms with van der Waals surface area (Å²) < 4.78 is 1.48. The van der Waals surface area contributed by atoms with E-state index in [1.54, 1.807) is 12.1 Å². The van der Waals surface area contributed by atoms with Crippen molar-refractivity contribution < 1.29 is 9.59 Å². The molecule has 0 atom stereocenters. The Kier molecular flexibility index (Phi) is 6.91. The number of carbonyl (C=O) groups excluding carboxylic acids is 2. The smallest absolute Gasteiger partial charge is 0.266 e. The maximum absolute atomic E-state index is 12.6. The summed E-state index contributed by atoms with van der Waals surface area (Å²) in [6.45, 7) is 0.236. The Morgan fingerprint density at radius 3 is 2.78 bits per heavy atom. The van der Waals surface area contributed by atoms with Crippen LogP contribution in [0.1, 0.15) is 12.0 Å². The zero-order valence-corrected chi connectivity index (χ0v) is 18.5. The number of rotatable bonds is 5. The molecule has 0 unspecified atom stereocenters. The average molecular weight is 529 g/mol. The Labute approximate surface area is 185 Å². The summed E-state index contributed by atoms with van der Waals surface area (Å²) in [5.41, 5.74) is 1.49. The largest absolute Gasteiger partial charge is 0.326 e. The third-order valence-corrected chi connectivity index (χ3v) is 6.13. The topological polar surface area (TPSA) is 49.4 Å². The Hall–Kier alpha value is -1.42. The summed E-state index contributed by atoms with van der Waals surface area (Å²) in [5.74, 6) is -0.367. The highest BCUT2D eigenvalue weighted by Crippen LogP contribution is 2.33. The van der Waals surface area contributed by atoms with E-state index in [1.165, 1.54) is 16.7 Å². The van der Waals surface area contributed by atoms with Crippen LogP contribution in [0.4, 0.5) is 5.69 Å². The molecule has 0 saturated carbocycles. The number of hydrogen-bond acceptors (Lipinski definition) is 4. The molecule has 1 N–H and O–H groups in total. The van der Waals surface area contributed by atoms with Crippen molar-refractivity contribution in [3.05, 3.63) is 67.6 Å². The zero-order chi connectivity index (χ0) is 19.4. The summed E-state index contributed by atoms with van der Waals surface area (Å²) in [5, 5.41) is 3.40. The van der Waals surface area contributed by atoms with Crippen molar-refractivity contribution in [1.29, 1.82) is 0 Å². The van der Waals surface area contributed by atoms with Crippen LogP contribution in [0.5, 0.6) is 0 Å². The van der Waals surface area contributed by atoms with Crippen LogP contribution < -0.4 is 5.32 Å². The number of nitrogens with one attached hydrogen (secondary N) is 1. The molecule has 2 amide bonds. The molecule has 1 saturated heterocycles. The van der Waals surface area contributed by atoms with Gasteiger partial charge in [-0.1, -0.05) is 59.8 Å². The van der Waals surface area contributed by atoms with E-state index in [-0.39, 0.29) is 24.8 Å². The molecule has 3 rings (SSSR count). The molecule has 0 aliphatic carbocycles. The van der Waals surface area contributed by atoms with Gasteiger partial charge in [-0.05, 0) is 58.5 Å². The van der Waals surface area contributed by atoms with E-state index < -0.39 is 0 Å². The number of hydrogen-bond donors (Lipinski definition) is 1. The lowest BCUT2D eigenvalue weighted by atomic mass is 10.2. The van der Waals surface area contributed by atoms with Gasteiger partial charge in [0.1, 0.15) is 4.32 Å². The van der Waals surface area contributed by atoms with Gasteiger partial charge in [0.25, 0.3) is 5.91 Å². The summed E-state index contributed by atoms with van der Waals surface area (Å²) in [7, 11) is 0. The molecule has 1 aliphatic rings. The van der Waals surface area contributed by atoms with Crippen molar-refractivity contribution >= 4 is 86.1 Å². The quantitative estimate of drug-likeness (QED) is 0.330. The van der Waals surface area contributed by atoms with Crippen molar-refractivity contribution in [2.75, 3.05) is 11.9 Å². The number of thioether (sulfide) groups is 1. The molecule has 1 aliphatic heterocycles. The third kappa shape index (κ3) is 5.31. The van der Waals surface area contributed by atoms with Gasteiger partial charge < -0.3 is 5.32 Å². The molecule has 2 aromatic carbocycles. The van der Waals surface area contributed by atoms with Crippen LogP contribution in [0.3, 0.4) is 0 Å². The Balaban J connectivity index is 1.62. The van der Waals surface area contributed by atoms with Gasteiger partial charge in [0.05, 0.1) is 4.91 Å². The predicted molar refractivity (Wildman–Crippen MR) is 124 cm³/mol. The van der Waals surface area contributed by atoms with E-state index in [1.807, 2.05) is 42.5 Å². The number of carbonyl (C=O) groups is 2. The van der Waals surface area contributed by atoms with Crippen LogP contribution in [-0.2, 0) is 9.59 Å². The highest BCUT2D eigenvalue weighted by Gasteiger charge is 2.32. The fourth-order valence-electron chi connectivity index (χ4n) is 2.43. The van der Waals surface area contributed by atoms with Gasteiger partial charge in [0.15, 0.2) is 0 Å². The predicted octanol–water partition coefficient (Wildman–Crippen LogP) is 5.17. The molecule has 8 heteroatoms. The second-order valence-corrected chi connectivity index (χ2v) is 8.99. The Morgan fingerprint density at radius 1 is 1.26 bits per heavy atom. The van der Waals surface area contributed by atoms with Crippen LogP contribution in [0.15, 0.2) is 53.4 Å². The molecular formula is C19H14ClIN2O2S2. The second-order valence-electron chi connectivity index (χ2n) is 5.66. The maximum atomic E-state index is 12.6. The highest BCUT2D eigenvalue weighted by molar-refractivity contribution is 14.1. The number of anilines is 1. The number of benzene rings is 2. The van der Waals surface area contributed by atoms with E-state index >= 15 is 0 Å². The third-order valence-electron chi connectivity index (χ3n) is 3.74. The molecular weight excluding hydrogens is 515 g/mol. The fourth-order valence-corrected chi connectivity index (χ4v) is 4.46. The van der Waals surface area contributed by atoms with Gasteiger partial charge in [0.2, 0.25) is 5.91 Å². The standard InChI is InChI=1S/C19H14ClIN2O2S2/c20-15-7-2-1-4-12(15)10-16-18(25)23(19(26)27-16)9-8-17(24)22-14-6-3-5-13(21)11-14/h1-7,10-11H,8-9H2,(H,22,24)/b16-10-. The highest BCUT2D eigenvalue weighted by atomic mass is 127. The summed E-state index contributed by atoms with van der Waals surface area (Å²) in [4.78, 5) is 26.8. The number of nitrogens with zero attached hydrogens (tertiary/aromatic N) is 1. The molecule has 0 spiro atoms. The minimum Gasteiger partial charge on any atom is -0.326 e. The lowest BCUT2D eigenvalue weighted by Gasteiger charge is -2.14. The minimum absolute atomic E-state index is 0.164. The average Bonchev–Trinajstić information content (AvgIpc) is 2.88. The van der Waals surface area contributed by atoms with Crippen molar-refractivity contribution in [1.82, 2.24) is 4.90 Å². The summed E-state index contributed by atoms with van der Waals surface area (Å²) in [6, 6.07) is 14.8. The maximum Gasteiger partial charge on any atom is 0.266 e. The minimum atomic E-state index is -0.202. The van der Waals surface area contributed by atoms with Crippen molar-refractivity contribution in [2.45, 2.75) is 6.42 Å². The fraction of sp³-hybridized carbons (Fsp3) is 0.105. The number of halogens is 2. The number of thiocarbonyl (C=S) groups is 1. The lowest BCUT2D eigenvalue weighted by Crippen LogP contribution is -2.31. The van der Waals surface area contributed by atoms with Crippen LogP contribution in [0.2, 0.25) is 5.02 Å². The lowest BCUT2D eigenvalue weighted by molar-refractivity contribution is -0.122. The van der Waals surface area contributed by atoms with Crippen molar-refractivity contribution in [3.63, 3.8) is 0 Å². The van der Waals surface area contributed by atoms with Gasteiger partial charge in [-0.3, -0.25) is 14.5 Å². The molecule has 1 heterocycles. The van der Waals surface area contributed by atoms with Gasteiger partial charge in [0, 0.05) is 27.2 Å². The Morgan fingerprint density at radius 2 is 2.04 bits per heavy atom. The number of amides is 2. The van der Waals surface area contributed by atoms with Gasteiger partial charge in [-0.2, -0.15) is 0 Å². The van der Waals surface area contributed by atoms with E-state index in [0.717, 1.165) is 14.8 Å². The molecule has 0 radical (unpaired) electrons. The second kappa shape index (κ2) is 9.18. The first-order valence-corrected chi connectivity index (χ1v) is 10.7. The molecule has 138 valence electrons. The van der Waals surface area contributed by atoms with E-state index in [4.69, 9.17) is 23.8 Å². The summed E-state index contributed by atoms with van der Waals surface area (Å²) in [6.07, 6.45) is 1.89. The molecule has 0 bridgehead atoms. The van der Waals surface area contributed by atoms with Crippen molar-refractivity contribution in [3.8, 4) is 0 Å². The normalized spacial score (nSPS) is 15.5. The van der Waals surface area contributed by atoms with E-state index in [2.05, 4.69) is 27.9 Å². The summed E-state index contributed by atoms with van der Waals surface area (Å²) >= 11 is 14.9. The Bertz CT molecular complexity index is 949. The molecule has 2 aromatic rings. The van der Waals surface area contributed by atoms with Crippen LogP contribution in [-0.4, -0.2) is 27.6 Å². The molecule has 27 heavy (non-hydrogen) atoms. The first-order valence-electron chi connectivity index (χ1n) is 7.99. The van der Waals surface area contributed by atoms with Crippen molar-refractivity contribution in [2.24, 2.45) is 0 Å². The molecule has 1 fully saturated rings. The SMILES string of the molecule is O=C(CCN1C(=O)/C(=C/c2ccccc2Cl)SC1=S)Nc1cccc(I)c1. The first kappa shape index (κ1) is 20.3. The zero-order valence-electron chi connectivity index (χ0n) is 13.9.